The van der Waals surface area contributed by atoms with Crippen LogP contribution in [0.4, 0.5) is 0 Å². The molecule has 1 aromatic rings. The second-order valence-corrected chi connectivity index (χ2v) is 7.44. The van der Waals surface area contributed by atoms with E-state index < -0.39 is 5.60 Å². The van der Waals surface area contributed by atoms with Crippen LogP contribution in [0.25, 0.3) is 0 Å². The number of carbonyl (C=O) groups excluding carboxylic acids is 1. The van der Waals surface area contributed by atoms with E-state index in [-0.39, 0.29) is 29.9 Å². The van der Waals surface area contributed by atoms with E-state index in [2.05, 4.69) is 15.6 Å². The fourth-order valence-electron chi connectivity index (χ4n) is 2.56. The van der Waals surface area contributed by atoms with Crippen molar-refractivity contribution < 1.29 is 18.7 Å². The van der Waals surface area contributed by atoms with E-state index in [1.165, 1.54) is 0 Å². The normalized spacial score (nSPS) is 17.3. The van der Waals surface area contributed by atoms with Crippen molar-refractivity contribution in [3.63, 3.8) is 0 Å². The maximum atomic E-state index is 11.8. The first kappa shape index (κ1) is 23.7. The zero-order chi connectivity index (χ0) is 18.8. The maximum Gasteiger partial charge on any atom is 0.308 e. The molecule has 2 N–H and O–H groups in total. The summed E-state index contributed by atoms with van der Waals surface area (Å²) >= 11 is 0. The zero-order valence-electron chi connectivity index (χ0n) is 16.5. The van der Waals surface area contributed by atoms with Gasteiger partial charge in [-0.05, 0) is 39.3 Å². The molecule has 0 saturated carbocycles. The molecule has 0 radical (unpaired) electrons. The van der Waals surface area contributed by atoms with Gasteiger partial charge in [0.1, 0.15) is 11.4 Å². The summed E-state index contributed by atoms with van der Waals surface area (Å²) in [5, 5.41) is 6.50. The lowest BCUT2D eigenvalue weighted by molar-refractivity contribution is -0.154. The van der Waals surface area contributed by atoms with Crippen molar-refractivity contribution in [2.24, 2.45) is 10.9 Å². The third kappa shape index (κ3) is 10.6. The molecule has 0 bridgehead atoms. The van der Waals surface area contributed by atoms with E-state index in [9.17, 15) is 4.79 Å². The second-order valence-electron chi connectivity index (χ2n) is 7.44. The van der Waals surface area contributed by atoms with Crippen molar-refractivity contribution in [2.45, 2.75) is 45.6 Å². The van der Waals surface area contributed by atoms with Gasteiger partial charge in [-0.3, -0.25) is 9.79 Å². The predicted octanol–water partition coefficient (Wildman–Crippen LogP) is 2.74. The third-order valence-electron chi connectivity index (χ3n) is 3.82. The fraction of sp³-hybridized carbons (Fsp3) is 0.684. The maximum absolute atomic E-state index is 11.8. The van der Waals surface area contributed by atoms with Crippen LogP contribution in [0.15, 0.2) is 27.8 Å². The van der Waals surface area contributed by atoms with Crippen molar-refractivity contribution in [2.75, 3.05) is 32.8 Å². The van der Waals surface area contributed by atoms with Crippen LogP contribution in [0.5, 0.6) is 0 Å². The largest absolute Gasteiger partial charge is 0.469 e. The molecule has 1 aliphatic rings. The Morgan fingerprint density at radius 1 is 1.33 bits per heavy atom. The highest BCUT2D eigenvalue weighted by Crippen LogP contribution is 2.12. The zero-order valence-corrected chi connectivity index (χ0v) is 18.8. The van der Waals surface area contributed by atoms with Gasteiger partial charge in [0.15, 0.2) is 5.96 Å². The molecule has 8 heteroatoms. The molecule has 27 heavy (non-hydrogen) atoms. The van der Waals surface area contributed by atoms with Crippen molar-refractivity contribution in [1.29, 1.82) is 0 Å². The van der Waals surface area contributed by atoms with Gasteiger partial charge in [-0.25, -0.2) is 0 Å². The molecule has 2 heterocycles. The van der Waals surface area contributed by atoms with Crippen molar-refractivity contribution in [3.05, 3.63) is 24.2 Å². The average Bonchev–Trinajstić information content (AvgIpc) is 3.24. The number of aliphatic imine (C=N–C) groups is 1. The Morgan fingerprint density at radius 2 is 2.11 bits per heavy atom. The minimum atomic E-state index is -0.461. The number of ether oxygens (including phenoxy) is 2. The highest BCUT2D eigenvalue weighted by molar-refractivity contribution is 14.0. The highest BCUT2D eigenvalue weighted by Gasteiger charge is 2.17. The molecule has 1 unspecified atom stereocenters. The fourth-order valence-corrected chi connectivity index (χ4v) is 2.56. The second kappa shape index (κ2) is 12.2. The molecule has 0 aromatic carbocycles. The van der Waals surface area contributed by atoms with Crippen molar-refractivity contribution in [1.82, 2.24) is 10.6 Å². The summed E-state index contributed by atoms with van der Waals surface area (Å²) in [4.78, 5) is 16.5. The Balaban J connectivity index is 0.00000364. The first-order chi connectivity index (χ1) is 12.4. The van der Waals surface area contributed by atoms with Crippen molar-refractivity contribution >= 4 is 35.9 Å². The van der Waals surface area contributed by atoms with E-state index in [1.807, 2.05) is 32.9 Å². The van der Waals surface area contributed by atoms with E-state index in [0.29, 0.717) is 37.9 Å². The SMILES string of the molecule is CC(C)(C)OC(=O)CCNC(=NCC1CCOC1)NCCc1ccco1.I. The number of halogens is 1. The number of guanidine groups is 1. The lowest BCUT2D eigenvalue weighted by Crippen LogP contribution is -2.40. The molecule has 0 amide bonds. The van der Waals surface area contributed by atoms with Crippen LogP contribution in [0.2, 0.25) is 0 Å². The molecule has 1 saturated heterocycles. The number of esters is 1. The Labute approximate surface area is 178 Å². The van der Waals surface area contributed by atoms with Gasteiger partial charge < -0.3 is 24.5 Å². The summed E-state index contributed by atoms with van der Waals surface area (Å²) in [5.74, 6) is 1.87. The number of hydrogen-bond donors (Lipinski definition) is 2. The first-order valence-corrected chi connectivity index (χ1v) is 9.26. The van der Waals surface area contributed by atoms with Gasteiger partial charge in [0.25, 0.3) is 0 Å². The molecular weight excluding hydrogens is 461 g/mol. The summed E-state index contributed by atoms with van der Waals surface area (Å²) in [5.41, 5.74) is -0.461. The van der Waals surface area contributed by atoms with Crippen LogP contribution in [0, 0.1) is 5.92 Å². The van der Waals surface area contributed by atoms with Gasteiger partial charge >= 0.3 is 5.97 Å². The Bertz CT molecular complexity index is 564. The molecule has 7 nitrogen and oxygen atoms in total. The number of nitrogens with one attached hydrogen (secondary N) is 2. The molecule has 0 aliphatic carbocycles. The van der Waals surface area contributed by atoms with E-state index >= 15 is 0 Å². The molecule has 2 rings (SSSR count). The molecule has 1 atom stereocenters. The van der Waals surface area contributed by atoms with Crippen molar-refractivity contribution in [3.8, 4) is 0 Å². The van der Waals surface area contributed by atoms with Crippen LogP contribution in [0.1, 0.15) is 39.4 Å². The number of carbonyl (C=O) groups is 1. The predicted molar refractivity (Wildman–Crippen MR) is 116 cm³/mol. The molecule has 0 spiro atoms. The van der Waals surface area contributed by atoms with Crippen LogP contribution >= 0.6 is 24.0 Å². The first-order valence-electron chi connectivity index (χ1n) is 9.26. The number of furan rings is 1. The van der Waals surface area contributed by atoms with Crippen LogP contribution in [-0.2, 0) is 20.7 Å². The number of hydrogen-bond acceptors (Lipinski definition) is 5. The Morgan fingerprint density at radius 3 is 2.74 bits per heavy atom. The summed E-state index contributed by atoms with van der Waals surface area (Å²) in [7, 11) is 0. The minimum absolute atomic E-state index is 0. The quantitative estimate of drug-likeness (QED) is 0.251. The topological polar surface area (TPSA) is 85.1 Å². The average molecular weight is 493 g/mol. The number of rotatable bonds is 8. The highest BCUT2D eigenvalue weighted by atomic mass is 127. The monoisotopic (exact) mass is 493 g/mol. The van der Waals surface area contributed by atoms with Gasteiger partial charge in [0.05, 0.1) is 19.3 Å². The van der Waals surface area contributed by atoms with Gasteiger partial charge in [-0.2, -0.15) is 0 Å². The summed E-state index contributed by atoms with van der Waals surface area (Å²) in [6.07, 6.45) is 3.78. The lowest BCUT2D eigenvalue weighted by Gasteiger charge is -2.19. The van der Waals surface area contributed by atoms with E-state index in [4.69, 9.17) is 13.9 Å². The Kier molecular flexibility index (Phi) is 10.8. The molecular formula is C19H32IN3O4. The Hall–Kier alpha value is -1.29. The van der Waals surface area contributed by atoms with Crippen LogP contribution < -0.4 is 10.6 Å². The minimum Gasteiger partial charge on any atom is -0.469 e. The van der Waals surface area contributed by atoms with Gasteiger partial charge in [-0.1, -0.05) is 0 Å². The molecule has 154 valence electrons. The van der Waals surface area contributed by atoms with Gasteiger partial charge in [-0.15, -0.1) is 24.0 Å². The van der Waals surface area contributed by atoms with E-state index in [0.717, 1.165) is 31.8 Å². The van der Waals surface area contributed by atoms with Crippen LogP contribution in [0.3, 0.4) is 0 Å². The summed E-state index contributed by atoms with van der Waals surface area (Å²) in [6.45, 7) is 9.06. The van der Waals surface area contributed by atoms with Gasteiger partial charge in [0, 0.05) is 38.6 Å². The number of nitrogens with zero attached hydrogens (tertiary/aromatic N) is 1. The molecule has 1 aliphatic heterocycles. The lowest BCUT2D eigenvalue weighted by atomic mass is 10.1. The van der Waals surface area contributed by atoms with Crippen LogP contribution in [-0.4, -0.2) is 50.4 Å². The summed E-state index contributed by atoms with van der Waals surface area (Å²) in [6, 6.07) is 3.83. The summed E-state index contributed by atoms with van der Waals surface area (Å²) < 4.78 is 16.1. The molecule has 1 aromatic heterocycles. The standard InChI is InChI=1S/C19H31N3O4.HI/c1-19(2,3)26-17(23)7-10-21-18(22-13-15-8-12-24-14-15)20-9-6-16-5-4-11-25-16;/h4-5,11,15H,6-10,12-14H2,1-3H3,(H2,20,21,22);1H. The molecule has 1 fully saturated rings. The smallest absolute Gasteiger partial charge is 0.308 e. The third-order valence-corrected chi connectivity index (χ3v) is 3.82. The van der Waals surface area contributed by atoms with Gasteiger partial charge in [0.2, 0.25) is 0 Å². The van der Waals surface area contributed by atoms with E-state index in [1.54, 1.807) is 6.26 Å².